The standard InChI is InChI=1S/C18H24N2O2/c1-18(2,3)22-17(21)20-10-5-8-14-6-4-7-15-9-11-19(12-13-20)16(14)15/h4,6-7,9,11H,5,8,10,12-13H2,1-3H3. The van der Waals surface area contributed by atoms with E-state index in [4.69, 9.17) is 4.74 Å². The maximum absolute atomic E-state index is 12.3. The molecule has 1 aromatic carbocycles. The number of benzene rings is 1. The van der Waals surface area contributed by atoms with Gasteiger partial charge in [0.1, 0.15) is 5.60 Å². The minimum Gasteiger partial charge on any atom is -0.444 e. The summed E-state index contributed by atoms with van der Waals surface area (Å²) in [6, 6.07) is 8.62. The lowest BCUT2D eigenvalue weighted by Gasteiger charge is -2.27. The molecule has 0 unspecified atom stereocenters. The maximum Gasteiger partial charge on any atom is 0.410 e. The third-order valence-corrected chi connectivity index (χ3v) is 4.01. The number of carbonyl (C=O) groups excluding carboxylic acids is 1. The average Bonchev–Trinajstić information content (AvgIpc) is 2.86. The lowest BCUT2D eigenvalue weighted by molar-refractivity contribution is 0.0243. The molecular formula is C18H24N2O2. The molecule has 0 saturated heterocycles. The van der Waals surface area contributed by atoms with Gasteiger partial charge in [-0.2, -0.15) is 0 Å². The van der Waals surface area contributed by atoms with E-state index in [0.29, 0.717) is 6.54 Å². The minimum atomic E-state index is -0.445. The zero-order chi connectivity index (χ0) is 15.7. The van der Waals surface area contributed by atoms with Crippen molar-refractivity contribution in [3.63, 3.8) is 0 Å². The van der Waals surface area contributed by atoms with Crippen LogP contribution >= 0.6 is 0 Å². The average molecular weight is 300 g/mol. The summed E-state index contributed by atoms with van der Waals surface area (Å²) in [6.07, 6.45) is 3.86. The van der Waals surface area contributed by atoms with Crippen LogP contribution in [0.2, 0.25) is 0 Å². The molecule has 0 aliphatic carbocycles. The Bertz CT molecular complexity index is 682. The fourth-order valence-electron chi connectivity index (χ4n) is 3.04. The highest BCUT2D eigenvalue weighted by molar-refractivity contribution is 5.83. The maximum atomic E-state index is 12.3. The summed E-state index contributed by atoms with van der Waals surface area (Å²) in [6.45, 7) is 7.97. The Hall–Kier alpha value is -1.97. The molecule has 1 aliphatic heterocycles. The third kappa shape index (κ3) is 3.11. The van der Waals surface area contributed by atoms with E-state index in [1.807, 2.05) is 25.7 Å². The minimum absolute atomic E-state index is 0.207. The van der Waals surface area contributed by atoms with Crippen LogP contribution in [0.1, 0.15) is 32.8 Å². The monoisotopic (exact) mass is 300 g/mol. The van der Waals surface area contributed by atoms with Crippen LogP contribution in [-0.2, 0) is 17.7 Å². The smallest absolute Gasteiger partial charge is 0.410 e. The van der Waals surface area contributed by atoms with Crippen molar-refractivity contribution in [2.75, 3.05) is 13.1 Å². The molecule has 2 heterocycles. The van der Waals surface area contributed by atoms with Crippen molar-refractivity contribution in [2.45, 2.75) is 45.8 Å². The summed E-state index contributed by atoms with van der Waals surface area (Å²) in [5, 5.41) is 1.28. The quantitative estimate of drug-likeness (QED) is 0.741. The van der Waals surface area contributed by atoms with E-state index in [-0.39, 0.29) is 6.09 Å². The molecule has 1 amide bonds. The second-order valence-corrected chi connectivity index (χ2v) is 6.94. The number of nitrogens with zero attached hydrogens (tertiary/aromatic N) is 2. The van der Waals surface area contributed by atoms with Crippen LogP contribution in [0, 0.1) is 0 Å². The first kappa shape index (κ1) is 14.9. The summed E-state index contributed by atoms with van der Waals surface area (Å²) in [4.78, 5) is 14.2. The highest BCUT2D eigenvalue weighted by Crippen LogP contribution is 2.23. The fraction of sp³-hybridized carbons (Fsp3) is 0.500. The second-order valence-electron chi connectivity index (χ2n) is 6.94. The predicted octanol–water partition coefficient (Wildman–Crippen LogP) is 3.82. The summed E-state index contributed by atoms with van der Waals surface area (Å²) < 4.78 is 7.78. The molecule has 1 aromatic heterocycles. The van der Waals surface area contributed by atoms with E-state index in [1.165, 1.54) is 16.5 Å². The van der Waals surface area contributed by atoms with Gasteiger partial charge in [-0.05, 0) is 50.6 Å². The highest BCUT2D eigenvalue weighted by Gasteiger charge is 2.22. The van der Waals surface area contributed by atoms with Gasteiger partial charge in [0, 0.05) is 25.8 Å². The number of para-hydroxylation sites is 1. The molecule has 0 fully saturated rings. The SMILES string of the molecule is CC(C)(C)OC(=O)N1CCCc2cccc3ccn(c23)CC1. The second kappa shape index (κ2) is 5.67. The van der Waals surface area contributed by atoms with Crippen LogP contribution in [0.25, 0.3) is 10.9 Å². The summed E-state index contributed by atoms with van der Waals surface area (Å²) in [5.41, 5.74) is 2.24. The van der Waals surface area contributed by atoms with Crippen LogP contribution in [0.3, 0.4) is 0 Å². The molecule has 0 saturated carbocycles. The Morgan fingerprint density at radius 2 is 1.95 bits per heavy atom. The molecule has 0 N–H and O–H groups in total. The highest BCUT2D eigenvalue weighted by atomic mass is 16.6. The number of carbonyl (C=O) groups is 1. The van der Waals surface area contributed by atoms with Crippen molar-refractivity contribution in [2.24, 2.45) is 0 Å². The van der Waals surface area contributed by atoms with Gasteiger partial charge in [0.25, 0.3) is 0 Å². The summed E-state index contributed by atoms with van der Waals surface area (Å²) >= 11 is 0. The fourth-order valence-corrected chi connectivity index (χ4v) is 3.04. The van der Waals surface area contributed by atoms with Gasteiger partial charge in [-0.15, -0.1) is 0 Å². The number of hydrogen-bond acceptors (Lipinski definition) is 2. The number of aryl methyl sites for hydroxylation is 1. The molecule has 22 heavy (non-hydrogen) atoms. The Labute approximate surface area is 131 Å². The Morgan fingerprint density at radius 1 is 1.14 bits per heavy atom. The molecule has 0 spiro atoms. The van der Waals surface area contributed by atoms with Crippen molar-refractivity contribution in [3.05, 3.63) is 36.0 Å². The molecule has 1 aliphatic rings. The molecule has 0 radical (unpaired) electrons. The molecule has 4 heteroatoms. The van der Waals surface area contributed by atoms with Gasteiger partial charge in [-0.1, -0.05) is 18.2 Å². The van der Waals surface area contributed by atoms with Crippen LogP contribution in [0.5, 0.6) is 0 Å². The van der Waals surface area contributed by atoms with E-state index in [9.17, 15) is 4.79 Å². The number of ether oxygens (including phenoxy) is 1. The van der Waals surface area contributed by atoms with Gasteiger partial charge < -0.3 is 14.2 Å². The summed E-state index contributed by atoms with van der Waals surface area (Å²) in [7, 11) is 0. The lowest BCUT2D eigenvalue weighted by Crippen LogP contribution is -2.39. The van der Waals surface area contributed by atoms with Gasteiger partial charge in [0.2, 0.25) is 0 Å². The van der Waals surface area contributed by atoms with E-state index < -0.39 is 5.60 Å². The zero-order valence-electron chi connectivity index (χ0n) is 13.6. The molecule has 2 aromatic rings. The van der Waals surface area contributed by atoms with Gasteiger partial charge in [-0.3, -0.25) is 0 Å². The van der Waals surface area contributed by atoms with Crippen LogP contribution < -0.4 is 0 Å². The van der Waals surface area contributed by atoms with Gasteiger partial charge >= 0.3 is 6.09 Å². The van der Waals surface area contributed by atoms with Crippen molar-refractivity contribution >= 4 is 17.0 Å². The predicted molar refractivity (Wildman–Crippen MR) is 88.1 cm³/mol. The molecule has 4 nitrogen and oxygen atoms in total. The van der Waals surface area contributed by atoms with Crippen molar-refractivity contribution in [1.29, 1.82) is 0 Å². The molecular weight excluding hydrogens is 276 g/mol. The van der Waals surface area contributed by atoms with Crippen molar-refractivity contribution in [1.82, 2.24) is 9.47 Å². The lowest BCUT2D eigenvalue weighted by atomic mass is 10.1. The van der Waals surface area contributed by atoms with Gasteiger partial charge in [0.05, 0.1) is 5.52 Å². The molecule has 0 atom stereocenters. The molecule has 118 valence electrons. The van der Waals surface area contributed by atoms with Crippen LogP contribution in [-0.4, -0.2) is 34.3 Å². The van der Waals surface area contributed by atoms with E-state index in [0.717, 1.165) is 25.9 Å². The van der Waals surface area contributed by atoms with Gasteiger partial charge in [-0.25, -0.2) is 4.79 Å². The molecule has 0 bridgehead atoms. The van der Waals surface area contributed by atoms with Crippen LogP contribution in [0.4, 0.5) is 4.79 Å². The van der Waals surface area contributed by atoms with Crippen LogP contribution in [0.15, 0.2) is 30.5 Å². The Morgan fingerprint density at radius 3 is 2.73 bits per heavy atom. The van der Waals surface area contributed by atoms with E-state index in [1.54, 1.807) is 0 Å². The Kier molecular flexibility index (Phi) is 3.85. The van der Waals surface area contributed by atoms with E-state index in [2.05, 4.69) is 35.0 Å². The molecule has 3 rings (SSSR count). The van der Waals surface area contributed by atoms with Gasteiger partial charge in [0.15, 0.2) is 0 Å². The first-order valence-electron chi connectivity index (χ1n) is 7.99. The van der Waals surface area contributed by atoms with Crippen molar-refractivity contribution in [3.8, 4) is 0 Å². The normalized spacial score (nSPS) is 16.0. The summed E-state index contributed by atoms with van der Waals surface area (Å²) in [5.74, 6) is 0. The number of rotatable bonds is 0. The topological polar surface area (TPSA) is 34.5 Å². The van der Waals surface area contributed by atoms with E-state index >= 15 is 0 Å². The third-order valence-electron chi connectivity index (χ3n) is 4.01. The first-order chi connectivity index (χ1) is 10.4. The zero-order valence-corrected chi connectivity index (χ0v) is 13.6. The van der Waals surface area contributed by atoms with Crippen molar-refractivity contribution < 1.29 is 9.53 Å². The number of amides is 1. The first-order valence-corrected chi connectivity index (χ1v) is 7.99. The largest absolute Gasteiger partial charge is 0.444 e. The number of aromatic nitrogens is 1. The number of hydrogen-bond donors (Lipinski definition) is 0. The Balaban J connectivity index is 1.82.